The van der Waals surface area contributed by atoms with Crippen molar-refractivity contribution in [2.24, 2.45) is 0 Å². The SMILES string of the molecule is CN(CCCC(=O)c1ncc(-c2ccccn2)o1)CCc1ccccc1. The Hall–Kier alpha value is -2.79. The molecule has 0 radical (unpaired) electrons. The number of hydrogen-bond donors (Lipinski definition) is 0. The van der Waals surface area contributed by atoms with Crippen molar-refractivity contribution >= 4 is 5.78 Å². The van der Waals surface area contributed by atoms with Crippen LogP contribution in [0, 0.1) is 0 Å². The molecule has 0 unspecified atom stereocenters. The lowest BCUT2D eigenvalue weighted by Gasteiger charge is -2.15. The van der Waals surface area contributed by atoms with Crippen molar-refractivity contribution in [3.8, 4) is 11.5 Å². The summed E-state index contributed by atoms with van der Waals surface area (Å²) < 4.78 is 5.56. The first kappa shape index (κ1) is 18.0. The molecule has 26 heavy (non-hydrogen) atoms. The number of aromatic nitrogens is 2. The number of pyridine rings is 1. The van der Waals surface area contributed by atoms with Crippen molar-refractivity contribution < 1.29 is 9.21 Å². The van der Waals surface area contributed by atoms with Crippen molar-refractivity contribution in [3.05, 3.63) is 72.4 Å². The van der Waals surface area contributed by atoms with Crippen LogP contribution in [0.5, 0.6) is 0 Å². The average Bonchev–Trinajstić information content (AvgIpc) is 3.18. The van der Waals surface area contributed by atoms with Crippen LogP contribution in [0.15, 0.2) is 65.3 Å². The van der Waals surface area contributed by atoms with Crippen LogP contribution in [-0.4, -0.2) is 40.8 Å². The van der Waals surface area contributed by atoms with E-state index in [1.165, 1.54) is 5.56 Å². The van der Waals surface area contributed by atoms with Crippen LogP contribution in [0.25, 0.3) is 11.5 Å². The molecular formula is C21H23N3O2. The summed E-state index contributed by atoms with van der Waals surface area (Å²) in [6, 6.07) is 16.0. The summed E-state index contributed by atoms with van der Waals surface area (Å²) in [4.78, 5) is 22.8. The normalized spacial score (nSPS) is 11.0. The van der Waals surface area contributed by atoms with Gasteiger partial charge in [0, 0.05) is 19.2 Å². The number of Topliss-reactive ketones (excluding diaryl/α,β-unsaturated/α-hetero) is 1. The number of ketones is 1. The molecule has 0 aliphatic heterocycles. The summed E-state index contributed by atoms with van der Waals surface area (Å²) in [5.41, 5.74) is 2.01. The van der Waals surface area contributed by atoms with Crippen LogP contribution >= 0.6 is 0 Å². The summed E-state index contributed by atoms with van der Waals surface area (Å²) in [5.74, 6) is 0.621. The van der Waals surface area contributed by atoms with Crippen molar-refractivity contribution in [3.63, 3.8) is 0 Å². The number of carbonyl (C=O) groups excluding carboxylic acids is 1. The molecule has 3 rings (SSSR count). The van der Waals surface area contributed by atoms with E-state index in [2.05, 4.69) is 46.2 Å². The maximum Gasteiger partial charge on any atom is 0.263 e. The van der Waals surface area contributed by atoms with Crippen LogP contribution in [0.1, 0.15) is 29.1 Å². The van der Waals surface area contributed by atoms with E-state index in [9.17, 15) is 4.79 Å². The lowest BCUT2D eigenvalue weighted by molar-refractivity contribution is 0.0943. The van der Waals surface area contributed by atoms with Gasteiger partial charge in [-0.25, -0.2) is 4.98 Å². The van der Waals surface area contributed by atoms with Crippen LogP contribution in [0.4, 0.5) is 0 Å². The number of benzene rings is 1. The first-order valence-electron chi connectivity index (χ1n) is 8.85. The molecule has 0 bridgehead atoms. The second-order valence-corrected chi connectivity index (χ2v) is 6.31. The third kappa shape index (κ3) is 5.10. The number of likely N-dealkylation sites (N-methyl/N-ethyl adjacent to an activating group) is 1. The van der Waals surface area contributed by atoms with Gasteiger partial charge in [0.15, 0.2) is 5.76 Å². The molecule has 0 saturated carbocycles. The Kier molecular flexibility index (Phi) is 6.28. The van der Waals surface area contributed by atoms with Crippen molar-refractivity contribution in [2.75, 3.05) is 20.1 Å². The maximum atomic E-state index is 12.3. The van der Waals surface area contributed by atoms with E-state index in [0.29, 0.717) is 17.9 Å². The van der Waals surface area contributed by atoms with Gasteiger partial charge in [-0.05, 0) is 44.1 Å². The molecule has 3 aromatic rings. The number of carbonyl (C=O) groups is 1. The summed E-state index contributed by atoms with van der Waals surface area (Å²) in [6.07, 6.45) is 5.47. The molecule has 0 atom stereocenters. The van der Waals surface area contributed by atoms with E-state index in [1.54, 1.807) is 12.4 Å². The molecule has 134 valence electrons. The molecule has 2 heterocycles. The van der Waals surface area contributed by atoms with Gasteiger partial charge >= 0.3 is 0 Å². The van der Waals surface area contributed by atoms with Crippen LogP contribution in [0.2, 0.25) is 0 Å². The van der Waals surface area contributed by atoms with E-state index < -0.39 is 0 Å². The number of nitrogens with zero attached hydrogens (tertiary/aromatic N) is 3. The third-order valence-corrected chi connectivity index (χ3v) is 4.23. The minimum absolute atomic E-state index is 0.0661. The molecule has 5 nitrogen and oxygen atoms in total. The molecule has 0 fully saturated rings. The molecule has 2 aromatic heterocycles. The molecule has 0 aliphatic carbocycles. The lowest BCUT2D eigenvalue weighted by Crippen LogP contribution is -2.23. The Labute approximate surface area is 153 Å². The fourth-order valence-corrected chi connectivity index (χ4v) is 2.72. The van der Waals surface area contributed by atoms with Crippen LogP contribution < -0.4 is 0 Å². The van der Waals surface area contributed by atoms with Gasteiger partial charge in [-0.2, -0.15) is 0 Å². The largest absolute Gasteiger partial charge is 0.432 e. The zero-order valence-electron chi connectivity index (χ0n) is 15.0. The van der Waals surface area contributed by atoms with Crippen molar-refractivity contribution in [1.82, 2.24) is 14.9 Å². The Bertz CT molecular complexity index is 816. The van der Waals surface area contributed by atoms with E-state index in [0.717, 1.165) is 25.9 Å². The molecule has 1 aromatic carbocycles. The van der Waals surface area contributed by atoms with Gasteiger partial charge in [-0.1, -0.05) is 36.4 Å². The van der Waals surface area contributed by atoms with Gasteiger partial charge in [-0.15, -0.1) is 0 Å². The molecule has 0 spiro atoms. The zero-order chi connectivity index (χ0) is 18.2. The van der Waals surface area contributed by atoms with Gasteiger partial charge in [0.25, 0.3) is 5.89 Å². The molecule has 5 heteroatoms. The Balaban J connectivity index is 1.42. The third-order valence-electron chi connectivity index (χ3n) is 4.23. The highest BCUT2D eigenvalue weighted by atomic mass is 16.4. The maximum absolute atomic E-state index is 12.3. The minimum atomic E-state index is -0.0661. The molecule has 0 saturated heterocycles. The fraction of sp³-hybridized carbons (Fsp3) is 0.286. The number of oxazole rings is 1. The second kappa shape index (κ2) is 9.06. The summed E-state index contributed by atoms with van der Waals surface area (Å²) in [5, 5.41) is 0. The second-order valence-electron chi connectivity index (χ2n) is 6.31. The highest BCUT2D eigenvalue weighted by Gasteiger charge is 2.14. The quantitative estimate of drug-likeness (QED) is 0.549. The molecule has 0 aliphatic rings. The smallest absolute Gasteiger partial charge is 0.263 e. The predicted molar refractivity (Wildman–Crippen MR) is 101 cm³/mol. The monoisotopic (exact) mass is 349 g/mol. The summed E-state index contributed by atoms with van der Waals surface area (Å²) in [7, 11) is 2.08. The van der Waals surface area contributed by atoms with E-state index in [1.807, 2.05) is 24.3 Å². The summed E-state index contributed by atoms with van der Waals surface area (Å²) in [6.45, 7) is 1.84. The zero-order valence-corrected chi connectivity index (χ0v) is 15.0. The van der Waals surface area contributed by atoms with Gasteiger partial charge in [0.1, 0.15) is 5.69 Å². The number of rotatable bonds is 9. The van der Waals surface area contributed by atoms with E-state index >= 15 is 0 Å². The standard InChI is InChI=1S/C21H23N3O2/c1-24(15-12-17-8-3-2-4-9-17)14-7-11-19(25)21-23-16-20(26-21)18-10-5-6-13-22-18/h2-6,8-10,13,16H,7,11-12,14-15H2,1H3. The first-order chi connectivity index (χ1) is 12.7. The average molecular weight is 349 g/mol. The lowest BCUT2D eigenvalue weighted by atomic mass is 10.1. The minimum Gasteiger partial charge on any atom is -0.432 e. The van der Waals surface area contributed by atoms with Gasteiger partial charge in [-0.3, -0.25) is 9.78 Å². The fourth-order valence-electron chi connectivity index (χ4n) is 2.72. The van der Waals surface area contributed by atoms with Crippen LogP contribution in [-0.2, 0) is 6.42 Å². The van der Waals surface area contributed by atoms with Crippen molar-refractivity contribution in [2.45, 2.75) is 19.3 Å². The Morgan fingerprint density at radius 3 is 2.62 bits per heavy atom. The van der Waals surface area contributed by atoms with Gasteiger partial charge < -0.3 is 9.32 Å². The summed E-state index contributed by atoms with van der Waals surface area (Å²) >= 11 is 0. The number of hydrogen-bond acceptors (Lipinski definition) is 5. The van der Waals surface area contributed by atoms with E-state index in [4.69, 9.17) is 4.42 Å². The highest BCUT2D eigenvalue weighted by molar-refractivity contribution is 5.91. The Morgan fingerprint density at radius 2 is 1.85 bits per heavy atom. The van der Waals surface area contributed by atoms with Crippen LogP contribution in [0.3, 0.4) is 0 Å². The van der Waals surface area contributed by atoms with Gasteiger partial charge in [0.05, 0.1) is 6.20 Å². The topological polar surface area (TPSA) is 59.2 Å². The Morgan fingerprint density at radius 1 is 1.04 bits per heavy atom. The molecule has 0 N–H and O–H groups in total. The van der Waals surface area contributed by atoms with Crippen molar-refractivity contribution in [1.29, 1.82) is 0 Å². The van der Waals surface area contributed by atoms with E-state index in [-0.39, 0.29) is 11.7 Å². The highest BCUT2D eigenvalue weighted by Crippen LogP contribution is 2.18. The first-order valence-corrected chi connectivity index (χ1v) is 8.85. The van der Waals surface area contributed by atoms with Gasteiger partial charge in [0.2, 0.25) is 5.78 Å². The molecule has 0 amide bonds. The molecular weight excluding hydrogens is 326 g/mol. The predicted octanol–water partition coefficient (Wildman–Crippen LogP) is 3.87.